The lowest BCUT2D eigenvalue weighted by atomic mass is 9.89. The maximum absolute atomic E-state index is 5.33. The molecule has 0 spiro atoms. The van der Waals surface area contributed by atoms with E-state index in [9.17, 15) is 0 Å². The number of allylic oxidation sites excluding steroid dienone is 1. The van der Waals surface area contributed by atoms with Crippen molar-refractivity contribution in [3.8, 4) is 11.5 Å². The Hall–Kier alpha value is -1.95. The summed E-state index contributed by atoms with van der Waals surface area (Å²) in [5.41, 5.74) is 2.43. The van der Waals surface area contributed by atoms with Crippen LogP contribution in [0.3, 0.4) is 0 Å². The van der Waals surface area contributed by atoms with Crippen LogP contribution in [-0.2, 0) is 22.1 Å². The molecule has 4 nitrogen and oxygen atoms in total. The van der Waals surface area contributed by atoms with Gasteiger partial charge in [0.15, 0.2) is 5.75 Å². The molecule has 138 valence electrons. The molecule has 2 aromatic carbocycles. The molecular weight excluding hydrogens is 348 g/mol. The molecule has 2 atom stereocenters. The number of hydrogen-bond acceptors (Lipinski definition) is 5. The predicted octanol–water partition coefficient (Wildman–Crippen LogP) is 4.94. The molecule has 0 amide bonds. The van der Waals surface area contributed by atoms with Crippen LogP contribution in [0, 0.1) is 5.92 Å². The third kappa shape index (κ3) is 5.53. The summed E-state index contributed by atoms with van der Waals surface area (Å²) in [4.78, 5) is 10.5. The van der Waals surface area contributed by atoms with Crippen molar-refractivity contribution in [3.05, 3.63) is 71.8 Å². The van der Waals surface area contributed by atoms with E-state index in [1.165, 1.54) is 5.56 Å². The van der Waals surface area contributed by atoms with Crippen molar-refractivity contribution in [3.63, 3.8) is 0 Å². The summed E-state index contributed by atoms with van der Waals surface area (Å²) < 4.78 is 5.19. The molecule has 0 fully saturated rings. The molecule has 1 aliphatic carbocycles. The van der Waals surface area contributed by atoms with Crippen LogP contribution in [0.2, 0.25) is 0 Å². The summed E-state index contributed by atoms with van der Waals surface area (Å²) in [6.45, 7) is 0. The summed E-state index contributed by atoms with van der Waals surface area (Å²) in [5.74, 6) is 2.70. The first-order chi connectivity index (χ1) is 12.8. The molecule has 0 radical (unpaired) electrons. The van der Waals surface area contributed by atoms with Gasteiger partial charge < -0.3 is 9.62 Å². The van der Waals surface area contributed by atoms with E-state index in [0.29, 0.717) is 17.4 Å². The molecular formula is C21H24O4S. The van der Waals surface area contributed by atoms with E-state index >= 15 is 0 Å². The largest absolute Gasteiger partial charge is 0.497 e. The second kappa shape index (κ2) is 9.67. The normalized spacial score (nSPS) is 19.3. The number of methoxy groups -OCH3 is 1. The van der Waals surface area contributed by atoms with Crippen molar-refractivity contribution in [2.24, 2.45) is 5.92 Å². The van der Waals surface area contributed by atoms with Crippen LogP contribution in [0.5, 0.6) is 11.5 Å². The SMILES string of the molecule is COc1ccc(CC2C=CC(OOOc3ccc(CS)cc3)CC2)cc1. The van der Waals surface area contributed by atoms with Crippen molar-refractivity contribution in [1.82, 2.24) is 0 Å². The van der Waals surface area contributed by atoms with Gasteiger partial charge in [-0.15, -0.1) is 0 Å². The maximum atomic E-state index is 5.33. The third-order valence-electron chi connectivity index (χ3n) is 4.48. The second-order valence-electron chi connectivity index (χ2n) is 6.36. The Labute approximate surface area is 160 Å². The highest BCUT2D eigenvalue weighted by atomic mass is 32.1. The van der Waals surface area contributed by atoms with Crippen LogP contribution in [-0.4, -0.2) is 13.2 Å². The van der Waals surface area contributed by atoms with Crippen LogP contribution in [0.25, 0.3) is 0 Å². The summed E-state index contributed by atoms with van der Waals surface area (Å²) in [5, 5.41) is 4.93. The van der Waals surface area contributed by atoms with Gasteiger partial charge in [0.05, 0.1) is 7.11 Å². The Morgan fingerprint density at radius 1 is 0.885 bits per heavy atom. The quantitative estimate of drug-likeness (QED) is 0.308. The minimum atomic E-state index is -0.0844. The molecule has 0 saturated carbocycles. The highest BCUT2D eigenvalue weighted by molar-refractivity contribution is 7.79. The van der Waals surface area contributed by atoms with E-state index in [1.807, 2.05) is 42.5 Å². The van der Waals surface area contributed by atoms with Crippen molar-refractivity contribution >= 4 is 12.6 Å². The number of rotatable bonds is 8. The zero-order chi connectivity index (χ0) is 18.2. The van der Waals surface area contributed by atoms with E-state index in [2.05, 4.69) is 30.8 Å². The number of ether oxygens (including phenoxy) is 1. The highest BCUT2D eigenvalue weighted by Crippen LogP contribution is 2.24. The van der Waals surface area contributed by atoms with Crippen LogP contribution in [0.1, 0.15) is 24.0 Å². The van der Waals surface area contributed by atoms with E-state index in [1.54, 1.807) is 7.11 Å². The lowest BCUT2D eigenvalue weighted by molar-refractivity contribution is -0.478. The standard InChI is InChI=1S/C21H24O4S/c1-22-19-8-2-16(3-9-19)14-17-4-10-20(11-5-17)23-25-24-21-12-6-18(15-26)7-13-21/h2-4,6-10,12-13,17,20,26H,5,11,14-15H2,1H3. The first kappa shape index (κ1) is 18.8. The molecule has 5 heteroatoms. The zero-order valence-electron chi connectivity index (χ0n) is 14.8. The van der Waals surface area contributed by atoms with E-state index < -0.39 is 0 Å². The maximum Gasteiger partial charge on any atom is 0.168 e. The summed E-state index contributed by atoms with van der Waals surface area (Å²) >= 11 is 4.22. The monoisotopic (exact) mass is 372 g/mol. The van der Waals surface area contributed by atoms with Crippen molar-refractivity contribution < 1.29 is 19.6 Å². The smallest absolute Gasteiger partial charge is 0.168 e. The molecule has 0 N–H and O–H groups in total. The Balaban J connectivity index is 1.40. The topological polar surface area (TPSA) is 36.9 Å². The first-order valence-corrected chi connectivity index (χ1v) is 9.41. The van der Waals surface area contributed by atoms with Crippen molar-refractivity contribution in [1.29, 1.82) is 0 Å². The van der Waals surface area contributed by atoms with Gasteiger partial charge in [-0.3, -0.25) is 0 Å². The van der Waals surface area contributed by atoms with Gasteiger partial charge >= 0.3 is 0 Å². The lowest BCUT2D eigenvalue weighted by Gasteiger charge is -2.21. The molecule has 0 aromatic heterocycles. The Bertz CT molecular complexity index is 697. The molecule has 0 saturated heterocycles. The summed E-state index contributed by atoms with van der Waals surface area (Å²) in [7, 11) is 1.68. The van der Waals surface area contributed by atoms with Gasteiger partial charge in [0.1, 0.15) is 11.9 Å². The number of hydrogen-bond donors (Lipinski definition) is 1. The average Bonchev–Trinajstić information content (AvgIpc) is 2.70. The Morgan fingerprint density at radius 2 is 1.58 bits per heavy atom. The van der Waals surface area contributed by atoms with Crippen LogP contribution in [0.15, 0.2) is 60.7 Å². The molecule has 3 rings (SSSR count). The van der Waals surface area contributed by atoms with Gasteiger partial charge in [0, 0.05) is 5.75 Å². The minimum absolute atomic E-state index is 0.0844. The molecule has 1 aliphatic rings. The fraction of sp³-hybridized carbons (Fsp3) is 0.333. The van der Waals surface area contributed by atoms with Gasteiger partial charge in [0.25, 0.3) is 0 Å². The van der Waals surface area contributed by atoms with Crippen LogP contribution < -0.4 is 9.62 Å². The molecule has 2 unspecified atom stereocenters. The van der Waals surface area contributed by atoms with Gasteiger partial charge in [-0.1, -0.05) is 36.4 Å². The molecule has 0 heterocycles. The predicted molar refractivity (Wildman–Crippen MR) is 104 cm³/mol. The summed E-state index contributed by atoms with van der Waals surface area (Å²) in [6.07, 6.45) is 7.13. The van der Waals surface area contributed by atoms with Gasteiger partial charge in [0.2, 0.25) is 0 Å². The van der Waals surface area contributed by atoms with E-state index in [0.717, 1.165) is 30.6 Å². The van der Waals surface area contributed by atoms with Gasteiger partial charge in [-0.2, -0.15) is 17.5 Å². The molecule has 0 aliphatic heterocycles. The lowest BCUT2D eigenvalue weighted by Crippen LogP contribution is -2.18. The van der Waals surface area contributed by atoms with Crippen molar-refractivity contribution in [2.45, 2.75) is 31.1 Å². The fourth-order valence-corrected chi connectivity index (χ4v) is 3.14. The molecule has 26 heavy (non-hydrogen) atoms. The first-order valence-electron chi connectivity index (χ1n) is 8.78. The number of benzene rings is 2. The minimum Gasteiger partial charge on any atom is -0.497 e. The van der Waals surface area contributed by atoms with E-state index in [4.69, 9.17) is 19.6 Å². The Kier molecular flexibility index (Phi) is 7.00. The third-order valence-corrected chi connectivity index (χ3v) is 4.84. The number of thiol groups is 1. The van der Waals surface area contributed by atoms with E-state index in [-0.39, 0.29) is 6.10 Å². The summed E-state index contributed by atoms with van der Waals surface area (Å²) in [6, 6.07) is 15.8. The van der Waals surface area contributed by atoms with Crippen molar-refractivity contribution in [2.75, 3.05) is 7.11 Å². The highest BCUT2D eigenvalue weighted by Gasteiger charge is 2.18. The second-order valence-corrected chi connectivity index (χ2v) is 6.68. The Morgan fingerprint density at radius 3 is 2.19 bits per heavy atom. The van der Waals surface area contributed by atoms with Gasteiger partial charge in [-0.05, 0) is 65.6 Å². The zero-order valence-corrected chi connectivity index (χ0v) is 15.7. The van der Waals surface area contributed by atoms with Gasteiger partial charge in [-0.25, -0.2) is 0 Å². The molecule has 2 aromatic rings. The van der Waals surface area contributed by atoms with Crippen LogP contribution >= 0.6 is 12.6 Å². The average molecular weight is 372 g/mol. The fourth-order valence-electron chi connectivity index (χ4n) is 2.93. The molecule has 0 bridgehead atoms. The van der Waals surface area contributed by atoms with Crippen LogP contribution in [0.4, 0.5) is 0 Å².